The Kier molecular flexibility index (Phi) is 2.44. The minimum atomic E-state index is -1.20. The second kappa shape index (κ2) is 3.50. The van der Waals surface area contributed by atoms with Crippen molar-refractivity contribution in [1.29, 1.82) is 0 Å². The summed E-state index contributed by atoms with van der Waals surface area (Å²) >= 11 is 6.90. The van der Waals surface area contributed by atoms with Crippen molar-refractivity contribution in [1.82, 2.24) is 0 Å². The van der Waals surface area contributed by atoms with Crippen LogP contribution in [0.5, 0.6) is 0 Å². The van der Waals surface area contributed by atoms with Gasteiger partial charge in [0.2, 0.25) is 5.91 Å². The summed E-state index contributed by atoms with van der Waals surface area (Å²) in [6.45, 7) is 0. The number of thiophene rings is 1. The molecule has 0 unspecified atom stereocenters. The van der Waals surface area contributed by atoms with Gasteiger partial charge in [0.15, 0.2) is 0 Å². The summed E-state index contributed by atoms with van der Waals surface area (Å²) in [4.78, 5) is 22.5. The quantitative estimate of drug-likeness (QED) is 0.803. The summed E-state index contributed by atoms with van der Waals surface area (Å²) < 4.78 is 0.561. The largest absolute Gasteiger partial charge is 0.480 e. The molecule has 4 nitrogen and oxygen atoms in total. The van der Waals surface area contributed by atoms with Crippen molar-refractivity contribution < 1.29 is 14.7 Å². The highest BCUT2D eigenvalue weighted by Crippen LogP contribution is 2.47. The number of anilines is 1. The van der Waals surface area contributed by atoms with E-state index in [4.69, 9.17) is 16.7 Å². The molecule has 1 fully saturated rings. The van der Waals surface area contributed by atoms with Gasteiger partial charge in [-0.3, -0.25) is 9.59 Å². The monoisotopic (exact) mass is 245 g/mol. The van der Waals surface area contributed by atoms with Gasteiger partial charge in [-0.05, 0) is 25.0 Å². The highest BCUT2D eigenvalue weighted by molar-refractivity contribution is 7.20. The van der Waals surface area contributed by atoms with Crippen molar-refractivity contribution in [2.45, 2.75) is 12.8 Å². The van der Waals surface area contributed by atoms with Gasteiger partial charge in [0.05, 0.1) is 9.34 Å². The van der Waals surface area contributed by atoms with E-state index < -0.39 is 17.3 Å². The van der Waals surface area contributed by atoms with Crippen LogP contribution in [-0.4, -0.2) is 17.0 Å². The van der Waals surface area contributed by atoms with Crippen LogP contribution in [0.3, 0.4) is 0 Å². The van der Waals surface area contributed by atoms with Crippen molar-refractivity contribution in [3.63, 3.8) is 0 Å². The predicted molar refractivity (Wildman–Crippen MR) is 57.3 cm³/mol. The van der Waals surface area contributed by atoms with Crippen LogP contribution in [0.2, 0.25) is 4.34 Å². The summed E-state index contributed by atoms with van der Waals surface area (Å²) in [5, 5.41) is 12.0. The highest BCUT2D eigenvalue weighted by atomic mass is 35.5. The molecule has 0 bridgehead atoms. The molecule has 1 aliphatic rings. The molecular weight excluding hydrogens is 238 g/mol. The van der Waals surface area contributed by atoms with E-state index in [1.54, 1.807) is 12.1 Å². The van der Waals surface area contributed by atoms with E-state index in [-0.39, 0.29) is 0 Å². The Morgan fingerprint density at radius 3 is 2.53 bits per heavy atom. The Morgan fingerprint density at radius 2 is 2.13 bits per heavy atom. The van der Waals surface area contributed by atoms with Gasteiger partial charge in [-0.2, -0.15) is 0 Å². The fraction of sp³-hybridized carbons (Fsp3) is 0.333. The number of carbonyl (C=O) groups excluding carboxylic acids is 1. The average molecular weight is 246 g/mol. The molecule has 2 rings (SSSR count). The number of rotatable bonds is 3. The number of amides is 1. The zero-order valence-corrected chi connectivity index (χ0v) is 9.19. The van der Waals surface area contributed by atoms with Crippen LogP contribution in [0.4, 0.5) is 5.00 Å². The van der Waals surface area contributed by atoms with E-state index in [2.05, 4.69) is 5.32 Å². The Hall–Kier alpha value is -1.07. The van der Waals surface area contributed by atoms with Gasteiger partial charge in [-0.25, -0.2) is 0 Å². The molecule has 1 aromatic heterocycles. The number of carboxylic acids is 1. The molecular formula is C9H8ClNO3S. The second-order valence-corrected chi connectivity index (χ2v) is 5.16. The van der Waals surface area contributed by atoms with Crippen molar-refractivity contribution in [3.8, 4) is 0 Å². The minimum Gasteiger partial charge on any atom is -0.480 e. The second-order valence-electron chi connectivity index (χ2n) is 3.45. The highest BCUT2D eigenvalue weighted by Gasteiger charge is 2.57. The Balaban J connectivity index is 2.08. The molecule has 1 saturated carbocycles. The molecule has 1 heterocycles. The van der Waals surface area contributed by atoms with Gasteiger partial charge >= 0.3 is 5.97 Å². The summed E-state index contributed by atoms with van der Waals surface area (Å²) in [6.07, 6.45) is 0.820. The maximum atomic E-state index is 11.6. The van der Waals surface area contributed by atoms with Crippen LogP contribution in [-0.2, 0) is 9.59 Å². The van der Waals surface area contributed by atoms with Gasteiger partial charge in [-0.1, -0.05) is 11.6 Å². The summed E-state index contributed by atoms with van der Waals surface area (Å²) in [5.41, 5.74) is -1.20. The Labute approximate surface area is 94.9 Å². The van der Waals surface area contributed by atoms with E-state index in [0.717, 1.165) is 0 Å². The van der Waals surface area contributed by atoms with Gasteiger partial charge < -0.3 is 10.4 Å². The van der Waals surface area contributed by atoms with Crippen LogP contribution in [0.15, 0.2) is 12.1 Å². The molecule has 1 amide bonds. The molecule has 0 aliphatic heterocycles. The van der Waals surface area contributed by atoms with E-state index >= 15 is 0 Å². The fourth-order valence-electron chi connectivity index (χ4n) is 1.28. The first-order valence-corrected chi connectivity index (χ1v) is 5.54. The van der Waals surface area contributed by atoms with Crippen molar-refractivity contribution in [2.75, 3.05) is 5.32 Å². The average Bonchev–Trinajstić information content (AvgIpc) is 2.88. The smallest absolute Gasteiger partial charge is 0.319 e. The number of carbonyl (C=O) groups is 2. The number of nitrogens with one attached hydrogen (secondary N) is 1. The number of hydrogen-bond acceptors (Lipinski definition) is 3. The van der Waals surface area contributed by atoms with Crippen molar-refractivity contribution in [3.05, 3.63) is 16.5 Å². The molecule has 6 heteroatoms. The summed E-state index contributed by atoms with van der Waals surface area (Å²) in [6, 6.07) is 3.31. The first-order valence-electron chi connectivity index (χ1n) is 4.35. The lowest BCUT2D eigenvalue weighted by Gasteiger charge is -2.08. The molecule has 1 aromatic rings. The number of halogens is 1. The first-order chi connectivity index (χ1) is 7.04. The van der Waals surface area contributed by atoms with Gasteiger partial charge in [0.25, 0.3) is 0 Å². The van der Waals surface area contributed by atoms with E-state index in [1.165, 1.54) is 11.3 Å². The molecule has 2 N–H and O–H groups in total. The van der Waals surface area contributed by atoms with Gasteiger partial charge in [-0.15, -0.1) is 11.3 Å². The lowest BCUT2D eigenvalue weighted by molar-refractivity contribution is -0.147. The molecule has 15 heavy (non-hydrogen) atoms. The van der Waals surface area contributed by atoms with Crippen LogP contribution in [0.25, 0.3) is 0 Å². The SMILES string of the molecule is O=C(O)C1(C(=O)Nc2ccc(Cl)s2)CC1. The standard InChI is InChI=1S/C9H8ClNO3S/c10-5-1-2-6(15-5)11-7(12)9(3-4-9)8(13)14/h1-2H,3-4H2,(H,11,12)(H,13,14). The molecule has 0 aromatic carbocycles. The summed E-state index contributed by atoms with van der Waals surface area (Å²) in [5.74, 6) is -1.50. The lowest BCUT2D eigenvalue weighted by Crippen LogP contribution is -2.30. The predicted octanol–water partition coefficient (Wildman–Crippen LogP) is 2.20. The number of aliphatic carboxylic acids is 1. The molecule has 80 valence electrons. The number of hydrogen-bond donors (Lipinski definition) is 2. The maximum absolute atomic E-state index is 11.6. The van der Waals surface area contributed by atoms with Crippen LogP contribution >= 0.6 is 22.9 Å². The number of carboxylic acid groups (broad SMARTS) is 1. The summed E-state index contributed by atoms with van der Waals surface area (Å²) in [7, 11) is 0. The Morgan fingerprint density at radius 1 is 1.47 bits per heavy atom. The lowest BCUT2D eigenvalue weighted by atomic mass is 10.1. The molecule has 0 saturated heterocycles. The maximum Gasteiger partial charge on any atom is 0.319 e. The topological polar surface area (TPSA) is 66.4 Å². The van der Waals surface area contributed by atoms with E-state index in [1.807, 2.05) is 0 Å². The van der Waals surface area contributed by atoms with Gasteiger partial charge in [0.1, 0.15) is 5.41 Å². The molecule has 0 radical (unpaired) electrons. The van der Waals surface area contributed by atoms with E-state index in [9.17, 15) is 9.59 Å². The molecule has 1 aliphatic carbocycles. The van der Waals surface area contributed by atoms with Crippen LogP contribution < -0.4 is 5.32 Å². The molecule has 0 spiro atoms. The first kappa shape index (κ1) is 10.4. The zero-order chi connectivity index (χ0) is 11.1. The minimum absolute atomic E-state index is 0.410. The van der Waals surface area contributed by atoms with Crippen LogP contribution in [0, 0.1) is 5.41 Å². The van der Waals surface area contributed by atoms with Crippen molar-refractivity contribution >= 4 is 39.8 Å². The third-order valence-electron chi connectivity index (χ3n) is 2.40. The third kappa shape index (κ3) is 1.85. The van der Waals surface area contributed by atoms with Crippen molar-refractivity contribution in [2.24, 2.45) is 5.41 Å². The fourth-order valence-corrected chi connectivity index (χ4v) is 2.21. The van der Waals surface area contributed by atoms with E-state index in [0.29, 0.717) is 22.2 Å². The van der Waals surface area contributed by atoms with Gasteiger partial charge in [0, 0.05) is 0 Å². The molecule has 0 atom stereocenters. The Bertz CT molecular complexity index is 425. The third-order valence-corrected chi connectivity index (χ3v) is 3.55. The zero-order valence-electron chi connectivity index (χ0n) is 7.62. The van der Waals surface area contributed by atoms with Crippen LogP contribution in [0.1, 0.15) is 12.8 Å². The normalized spacial score (nSPS) is 17.1.